The van der Waals surface area contributed by atoms with E-state index in [1.165, 1.54) is 0 Å². The molecule has 0 aromatic rings. The van der Waals surface area contributed by atoms with Gasteiger partial charge < -0.3 is 20.8 Å². The molecule has 0 radical (unpaired) electrons. The Balaban J connectivity index is 4.60. The molecule has 1 atom stereocenters. The van der Waals surface area contributed by atoms with Crippen LogP contribution in [0.3, 0.4) is 0 Å². The zero-order chi connectivity index (χ0) is 12.9. The van der Waals surface area contributed by atoms with Gasteiger partial charge >= 0.3 is 11.9 Å². The van der Waals surface area contributed by atoms with Crippen molar-refractivity contribution in [2.45, 2.75) is 32.4 Å². The van der Waals surface area contributed by atoms with Crippen molar-refractivity contribution < 1.29 is 24.6 Å². The van der Waals surface area contributed by atoms with Crippen LogP contribution in [-0.4, -0.2) is 51.6 Å². The standard InChI is InChI=1S/C9H16N2O5/c1-5(2)11(4-8(14)15)9(16)6(10)3-7(12)13/h5-6H,3-4,10H2,1-2H3,(H,12,13)(H,14,15). The van der Waals surface area contributed by atoms with Gasteiger partial charge in [0.1, 0.15) is 6.54 Å². The summed E-state index contributed by atoms with van der Waals surface area (Å²) in [5.74, 6) is -3.02. The van der Waals surface area contributed by atoms with Gasteiger partial charge in [-0.15, -0.1) is 0 Å². The molecule has 0 saturated carbocycles. The first-order valence-electron chi connectivity index (χ1n) is 4.75. The first kappa shape index (κ1) is 14.4. The third-order valence-corrected chi connectivity index (χ3v) is 1.92. The van der Waals surface area contributed by atoms with Crippen molar-refractivity contribution in [1.29, 1.82) is 0 Å². The van der Waals surface area contributed by atoms with Crippen LogP contribution >= 0.6 is 0 Å². The fourth-order valence-electron chi connectivity index (χ4n) is 1.15. The highest BCUT2D eigenvalue weighted by Crippen LogP contribution is 2.03. The van der Waals surface area contributed by atoms with E-state index < -0.39 is 36.9 Å². The van der Waals surface area contributed by atoms with E-state index in [4.69, 9.17) is 15.9 Å². The summed E-state index contributed by atoms with van der Waals surface area (Å²) in [6.45, 7) is 2.78. The second-order valence-electron chi connectivity index (χ2n) is 3.66. The minimum atomic E-state index is -1.21. The third-order valence-electron chi connectivity index (χ3n) is 1.92. The highest BCUT2D eigenvalue weighted by molar-refractivity contribution is 5.88. The number of carboxylic acids is 2. The molecule has 0 bridgehead atoms. The smallest absolute Gasteiger partial charge is 0.323 e. The van der Waals surface area contributed by atoms with Gasteiger partial charge in [-0.3, -0.25) is 14.4 Å². The molecule has 0 aliphatic rings. The summed E-state index contributed by atoms with van der Waals surface area (Å²) in [5.41, 5.74) is 5.37. The predicted octanol–water partition coefficient (Wildman–Crippen LogP) is -0.890. The van der Waals surface area contributed by atoms with Crippen molar-refractivity contribution in [1.82, 2.24) is 4.90 Å². The van der Waals surface area contributed by atoms with Crippen LogP contribution in [0.4, 0.5) is 0 Å². The number of nitrogens with two attached hydrogens (primary N) is 1. The molecular formula is C9H16N2O5. The van der Waals surface area contributed by atoms with Crippen LogP contribution < -0.4 is 5.73 Å². The van der Waals surface area contributed by atoms with Gasteiger partial charge in [0, 0.05) is 6.04 Å². The molecule has 16 heavy (non-hydrogen) atoms. The highest BCUT2D eigenvalue weighted by Gasteiger charge is 2.26. The van der Waals surface area contributed by atoms with Crippen molar-refractivity contribution >= 4 is 17.8 Å². The molecule has 0 rings (SSSR count). The first-order chi connectivity index (χ1) is 7.25. The van der Waals surface area contributed by atoms with Crippen LogP contribution in [0.15, 0.2) is 0 Å². The molecule has 0 saturated heterocycles. The van der Waals surface area contributed by atoms with E-state index >= 15 is 0 Å². The molecule has 92 valence electrons. The lowest BCUT2D eigenvalue weighted by Crippen LogP contribution is -2.49. The van der Waals surface area contributed by atoms with Gasteiger partial charge in [0.25, 0.3) is 0 Å². The van der Waals surface area contributed by atoms with Gasteiger partial charge in [-0.05, 0) is 13.8 Å². The Kier molecular flexibility index (Phi) is 5.44. The second kappa shape index (κ2) is 6.06. The summed E-state index contributed by atoms with van der Waals surface area (Å²) >= 11 is 0. The molecule has 0 aromatic heterocycles. The number of hydrogen-bond acceptors (Lipinski definition) is 4. The summed E-state index contributed by atoms with van der Waals surface area (Å²) in [4.78, 5) is 33.5. The van der Waals surface area contributed by atoms with Crippen LogP contribution in [0, 0.1) is 0 Å². The summed E-state index contributed by atoms with van der Waals surface area (Å²) in [6, 6.07) is -1.55. The quantitative estimate of drug-likeness (QED) is 0.546. The van der Waals surface area contributed by atoms with Gasteiger partial charge in [0.2, 0.25) is 5.91 Å². The zero-order valence-electron chi connectivity index (χ0n) is 9.21. The van der Waals surface area contributed by atoms with Crippen LogP contribution in [0.25, 0.3) is 0 Å². The molecule has 7 heteroatoms. The monoisotopic (exact) mass is 232 g/mol. The largest absolute Gasteiger partial charge is 0.481 e. The number of amides is 1. The maximum Gasteiger partial charge on any atom is 0.323 e. The Morgan fingerprint density at radius 1 is 1.19 bits per heavy atom. The maximum absolute atomic E-state index is 11.6. The van der Waals surface area contributed by atoms with Crippen LogP contribution in [0.1, 0.15) is 20.3 Å². The molecule has 1 unspecified atom stereocenters. The normalized spacial score (nSPS) is 12.2. The molecule has 0 aromatic carbocycles. The summed E-state index contributed by atoms with van der Waals surface area (Å²) < 4.78 is 0. The fourth-order valence-corrected chi connectivity index (χ4v) is 1.15. The molecule has 1 amide bonds. The van der Waals surface area contributed by atoms with E-state index in [1.807, 2.05) is 0 Å². The van der Waals surface area contributed by atoms with Gasteiger partial charge in [0.15, 0.2) is 0 Å². The number of hydrogen-bond donors (Lipinski definition) is 3. The number of carboxylic acid groups (broad SMARTS) is 2. The van der Waals surface area contributed by atoms with Gasteiger partial charge in [-0.25, -0.2) is 0 Å². The summed E-state index contributed by atoms with van der Waals surface area (Å²) in [5, 5.41) is 17.1. The average molecular weight is 232 g/mol. The molecule has 0 heterocycles. The van der Waals surface area contributed by atoms with Crippen molar-refractivity contribution in [2.75, 3.05) is 6.54 Å². The van der Waals surface area contributed by atoms with Gasteiger partial charge in [-0.1, -0.05) is 0 Å². The molecule has 0 aliphatic carbocycles. The van der Waals surface area contributed by atoms with E-state index in [0.29, 0.717) is 0 Å². The van der Waals surface area contributed by atoms with Crippen LogP contribution in [0.5, 0.6) is 0 Å². The Hall–Kier alpha value is -1.63. The minimum absolute atomic E-state index is 0.344. The molecule has 0 fully saturated rings. The van der Waals surface area contributed by atoms with E-state index in [0.717, 1.165) is 4.90 Å². The second-order valence-corrected chi connectivity index (χ2v) is 3.66. The van der Waals surface area contributed by atoms with E-state index in [2.05, 4.69) is 0 Å². The van der Waals surface area contributed by atoms with Crippen molar-refractivity contribution in [2.24, 2.45) is 5.73 Å². The number of rotatable bonds is 6. The Morgan fingerprint density at radius 3 is 2.00 bits per heavy atom. The van der Waals surface area contributed by atoms with Crippen molar-refractivity contribution in [3.8, 4) is 0 Å². The third kappa shape index (κ3) is 4.74. The highest BCUT2D eigenvalue weighted by atomic mass is 16.4. The summed E-state index contributed by atoms with van der Waals surface area (Å²) in [7, 11) is 0. The van der Waals surface area contributed by atoms with Gasteiger partial charge in [-0.2, -0.15) is 0 Å². The van der Waals surface area contributed by atoms with Crippen molar-refractivity contribution in [3.63, 3.8) is 0 Å². The predicted molar refractivity (Wildman–Crippen MR) is 54.7 cm³/mol. The van der Waals surface area contributed by atoms with Crippen LogP contribution in [0.2, 0.25) is 0 Å². The SMILES string of the molecule is CC(C)N(CC(=O)O)C(=O)C(N)CC(=O)O. The van der Waals surface area contributed by atoms with E-state index in [-0.39, 0.29) is 6.04 Å². The lowest BCUT2D eigenvalue weighted by molar-refractivity contribution is -0.147. The molecular weight excluding hydrogens is 216 g/mol. The Labute approximate surface area is 92.8 Å². The van der Waals surface area contributed by atoms with Gasteiger partial charge in [0.05, 0.1) is 12.5 Å². The minimum Gasteiger partial charge on any atom is -0.481 e. The number of carbonyl (C=O) groups is 3. The number of nitrogens with zero attached hydrogens (tertiary/aromatic N) is 1. The van der Waals surface area contributed by atoms with E-state index in [1.54, 1.807) is 13.8 Å². The molecule has 4 N–H and O–H groups in total. The summed E-state index contributed by atoms with van der Waals surface area (Å²) in [6.07, 6.45) is -0.512. The fraction of sp³-hybridized carbons (Fsp3) is 0.667. The maximum atomic E-state index is 11.6. The zero-order valence-corrected chi connectivity index (χ0v) is 9.21. The lowest BCUT2D eigenvalue weighted by Gasteiger charge is -2.27. The topological polar surface area (TPSA) is 121 Å². The molecule has 0 spiro atoms. The number of aliphatic carboxylic acids is 2. The average Bonchev–Trinajstić information content (AvgIpc) is 2.11. The van der Waals surface area contributed by atoms with E-state index in [9.17, 15) is 14.4 Å². The molecule has 0 aliphatic heterocycles. The lowest BCUT2D eigenvalue weighted by atomic mass is 10.1. The Morgan fingerprint density at radius 2 is 1.69 bits per heavy atom. The number of carbonyl (C=O) groups excluding carboxylic acids is 1. The Bertz CT molecular complexity index is 290. The van der Waals surface area contributed by atoms with Crippen molar-refractivity contribution in [3.05, 3.63) is 0 Å². The first-order valence-corrected chi connectivity index (χ1v) is 4.75. The van der Waals surface area contributed by atoms with Crippen LogP contribution in [-0.2, 0) is 14.4 Å². The molecule has 7 nitrogen and oxygen atoms in total.